The highest BCUT2D eigenvalue weighted by atomic mass is 19.1. The number of aromatic nitrogens is 1. The Balaban J connectivity index is 1.97. The zero-order valence-electron chi connectivity index (χ0n) is 15.7. The fourth-order valence-electron chi connectivity index (χ4n) is 2.48. The molecule has 7 heteroatoms. The number of nitrogens with zero attached hydrogens (tertiary/aromatic N) is 1. The van der Waals surface area contributed by atoms with E-state index in [9.17, 15) is 9.18 Å². The van der Waals surface area contributed by atoms with Crippen molar-refractivity contribution in [1.82, 2.24) is 10.3 Å². The van der Waals surface area contributed by atoms with Crippen LogP contribution in [0.25, 0.3) is 0 Å². The number of nitrogens with one attached hydrogen (secondary N) is 2. The van der Waals surface area contributed by atoms with Crippen LogP contribution in [0.1, 0.15) is 32.0 Å². The third-order valence-electron chi connectivity index (χ3n) is 3.68. The van der Waals surface area contributed by atoms with E-state index in [1.807, 2.05) is 6.92 Å². The second-order valence-electron chi connectivity index (χ2n) is 6.13. The van der Waals surface area contributed by atoms with Gasteiger partial charge in [-0.3, -0.25) is 9.78 Å². The molecule has 0 aliphatic heterocycles. The summed E-state index contributed by atoms with van der Waals surface area (Å²) in [5.41, 5.74) is 0.988. The molecule has 0 radical (unpaired) electrons. The second kappa shape index (κ2) is 9.66. The number of hydrogen-bond donors (Lipinski definition) is 2. The fourth-order valence-corrected chi connectivity index (χ4v) is 2.48. The SMILES string of the molecule is CCOc1ccc(CC(=N)c2ccc(OCC(C)NC(C)=O)cc2F)nc1. The van der Waals surface area contributed by atoms with Crippen molar-refractivity contribution in [3.05, 3.63) is 53.6 Å². The van der Waals surface area contributed by atoms with Crippen molar-refractivity contribution < 1.29 is 18.7 Å². The molecule has 1 atom stereocenters. The quantitative estimate of drug-likeness (QED) is 0.662. The lowest BCUT2D eigenvalue weighted by atomic mass is 10.0. The summed E-state index contributed by atoms with van der Waals surface area (Å²) in [5, 5.41) is 10.8. The van der Waals surface area contributed by atoms with E-state index in [1.54, 1.807) is 31.3 Å². The number of halogens is 1. The molecule has 1 aromatic heterocycles. The van der Waals surface area contributed by atoms with Gasteiger partial charge in [0, 0.05) is 36.4 Å². The molecule has 0 bridgehead atoms. The maximum Gasteiger partial charge on any atom is 0.217 e. The van der Waals surface area contributed by atoms with Gasteiger partial charge in [0.15, 0.2) is 0 Å². The van der Waals surface area contributed by atoms with Crippen LogP contribution in [0, 0.1) is 11.2 Å². The van der Waals surface area contributed by atoms with Crippen LogP contribution in [-0.2, 0) is 11.2 Å². The molecule has 0 aliphatic rings. The average Bonchev–Trinajstić information content (AvgIpc) is 2.61. The summed E-state index contributed by atoms with van der Waals surface area (Å²) in [5.74, 6) is 0.328. The van der Waals surface area contributed by atoms with E-state index < -0.39 is 5.82 Å². The van der Waals surface area contributed by atoms with E-state index in [-0.39, 0.29) is 36.3 Å². The highest BCUT2D eigenvalue weighted by Gasteiger charge is 2.12. The molecule has 1 amide bonds. The van der Waals surface area contributed by atoms with E-state index in [4.69, 9.17) is 14.9 Å². The number of carbonyl (C=O) groups excluding carboxylic acids is 1. The molecule has 144 valence electrons. The van der Waals surface area contributed by atoms with Gasteiger partial charge in [-0.15, -0.1) is 0 Å². The van der Waals surface area contributed by atoms with Crippen molar-refractivity contribution in [1.29, 1.82) is 5.41 Å². The first-order valence-corrected chi connectivity index (χ1v) is 8.74. The van der Waals surface area contributed by atoms with Crippen LogP contribution in [0.5, 0.6) is 11.5 Å². The van der Waals surface area contributed by atoms with Crippen molar-refractivity contribution in [2.24, 2.45) is 0 Å². The van der Waals surface area contributed by atoms with Crippen LogP contribution in [0.3, 0.4) is 0 Å². The second-order valence-corrected chi connectivity index (χ2v) is 6.13. The summed E-state index contributed by atoms with van der Waals surface area (Å²) < 4.78 is 25.2. The molecule has 2 N–H and O–H groups in total. The van der Waals surface area contributed by atoms with Gasteiger partial charge in [0.1, 0.15) is 23.9 Å². The standard InChI is InChI=1S/C20H24FN3O3/c1-4-26-17-6-5-15(23-11-17)9-20(22)18-8-7-16(10-19(18)21)27-12-13(2)24-14(3)25/h5-8,10-11,13,22H,4,9,12H2,1-3H3,(H,24,25). The first-order chi connectivity index (χ1) is 12.9. The number of pyridine rings is 1. The summed E-state index contributed by atoms with van der Waals surface area (Å²) >= 11 is 0. The summed E-state index contributed by atoms with van der Waals surface area (Å²) in [7, 11) is 0. The largest absolute Gasteiger partial charge is 0.492 e. The summed E-state index contributed by atoms with van der Waals surface area (Å²) in [6.07, 6.45) is 1.80. The van der Waals surface area contributed by atoms with Gasteiger partial charge in [-0.2, -0.15) is 0 Å². The first kappa shape index (κ1) is 20.4. The monoisotopic (exact) mass is 373 g/mol. The van der Waals surface area contributed by atoms with Crippen LogP contribution < -0.4 is 14.8 Å². The van der Waals surface area contributed by atoms with E-state index in [2.05, 4.69) is 10.3 Å². The van der Waals surface area contributed by atoms with Crippen LogP contribution >= 0.6 is 0 Å². The first-order valence-electron chi connectivity index (χ1n) is 8.74. The van der Waals surface area contributed by atoms with Crippen molar-refractivity contribution >= 4 is 11.6 Å². The molecule has 0 aliphatic carbocycles. The smallest absolute Gasteiger partial charge is 0.217 e. The molecular formula is C20H24FN3O3. The average molecular weight is 373 g/mol. The highest BCUT2D eigenvalue weighted by Crippen LogP contribution is 2.19. The van der Waals surface area contributed by atoms with Gasteiger partial charge in [0.05, 0.1) is 18.8 Å². The number of rotatable bonds is 9. The Labute approximate surface area is 158 Å². The van der Waals surface area contributed by atoms with Gasteiger partial charge in [-0.25, -0.2) is 4.39 Å². The zero-order chi connectivity index (χ0) is 19.8. The molecule has 0 saturated heterocycles. The van der Waals surface area contributed by atoms with Gasteiger partial charge in [0.2, 0.25) is 5.91 Å². The molecule has 1 unspecified atom stereocenters. The number of benzene rings is 1. The Bertz CT molecular complexity index is 794. The Hall–Kier alpha value is -2.96. The topological polar surface area (TPSA) is 84.3 Å². The lowest BCUT2D eigenvalue weighted by molar-refractivity contribution is -0.119. The number of hydrogen-bond acceptors (Lipinski definition) is 5. The van der Waals surface area contributed by atoms with Crippen LogP contribution in [0.2, 0.25) is 0 Å². The molecule has 2 aromatic rings. The molecule has 1 aromatic carbocycles. The van der Waals surface area contributed by atoms with Gasteiger partial charge < -0.3 is 20.2 Å². The normalized spacial score (nSPS) is 11.6. The van der Waals surface area contributed by atoms with Crippen molar-refractivity contribution in [3.63, 3.8) is 0 Å². The minimum atomic E-state index is -0.532. The number of carbonyl (C=O) groups is 1. The van der Waals surface area contributed by atoms with Crippen LogP contribution in [0.4, 0.5) is 4.39 Å². The molecule has 0 fully saturated rings. The van der Waals surface area contributed by atoms with Gasteiger partial charge in [0.25, 0.3) is 0 Å². The van der Waals surface area contributed by atoms with E-state index in [0.717, 1.165) is 0 Å². The van der Waals surface area contributed by atoms with Gasteiger partial charge >= 0.3 is 0 Å². The zero-order valence-corrected chi connectivity index (χ0v) is 15.7. The van der Waals surface area contributed by atoms with Crippen LogP contribution in [-0.4, -0.2) is 35.9 Å². The van der Waals surface area contributed by atoms with Crippen molar-refractivity contribution in [2.45, 2.75) is 33.2 Å². The Morgan fingerprint density at radius 2 is 2.00 bits per heavy atom. The Morgan fingerprint density at radius 1 is 1.26 bits per heavy atom. The van der Waals surface area contributed by atoms with Gasteiger partial charge in [-0.05, 0) is 38.1 Å². The van der Waals surface area contributed by atoms with Crippen LogP contribution in [0.15, 0.2) is 36.5 Å². The van der Waals surface area contributed by atoms with E-state index in [1.165, 1.54) is 19.1 Å². The number of ether oxygens (including phenoxy) is 2. The summed E-state index contributed by atoms with van der Waals surface area (Å²) in [4.78, 5) is 15.2. The lowest BCUT2D eigenvalue weighted by Crippen LogP contribution is -2.35. The van der Waals surface area contributed by atoms with Gasteiger partial charge in [-0.1, -0.05) is 0 Å². The molecule has 27 heavy (non-hydrogen) atoms. The maximum atomic E-state index is 14.4. The molecule has 0 spiro atoms. The fraction of sp³-hybridized carbons (Fsp3) is 0.350. The van der Waals surface area contributed by atoms with Crippen molar-refractivity contribution in [3.8, 4) is 11.5 Å². The van der Waals surface area contributed by atoms with Crippen molar-refractivity contribution in [2.75, 3.05) is 13.2 Å². The Morgan fingerprint density at radius 3 is 2.59 bits per heavy atom. The molecule has 6 nitrogen and oxygen atoms in total. The molecule has 2 rings (SSSR count). The van der Waals surface area contributed by atoms with E-state index >= 15 is 0 Å². The summed E-state index contributed by atoms with van der Waals surface area (Å²) in [6.45, 7) is 5.90. The predicted octanol–water partition coefficient (Wildman–Crippen LogP) is 3.13. The predicted molar refractivity (Wildman–Crippen MR) is 101 cm³/mol. The maximum absolute atomic E-state index is 14.4. The van der Waals surface area contributed by atoms with E-state index in [0.29, 0.717) is 23.8 Å². The minimum Gasteiger partial charge on any atom is -0.492 e. The third kappa shape index (κ3) is 6.36. The third-order valence-corrected chi connectivity index (χ3v) is 3.68. The molecule has 1 heterocycles. The Kier molecular flexibility index (Phi) is 7.28. The molecular weight excluding hydrogens is 349 g/mol. The highest BCUT2D eigenvalue weighted by molar-refractivity contribution is 5.99. The summed E-state index contributed by atoms with van der Waals surface area (Å²) in [6, 6.07) is 7.73. The molecule has 0 saturated carbocycles. The number of amides is 1. The lowest BCUT2D eigenvalue weighted by Gasteiger charge is -2.14. The minimum absolute atomic E-state index is 0.127.